The molecule has 2 heteroatoms. The van der Waals surface area contributed by atoms with Crippen molar-refractivity contribution < 1.29 is 0 Å². The van der Waals surface area contributed by atoms with Gasteiger partial charge in [0.25, 0.3) is 0 Å². The molecule has 6 aromatic rings. The van der Waals surface area contributed by atoms with E-state index in [4.69, 9.17) is 0 Å². The molecule has 1 spiro atoms. The number of benzene rings is 6. The van der Waals surface area contributed by atoms with Gasteiger partial charge in [-0.1, -0.05) is 138 Å². The van der Waals surface area contributed by atoms with Gasteiger partial charge in [-0.05, 0) is 172 Å². The van der Waals surface area contributed by atoms with Gasteiger partial charge in [0.05, 0.1) is 5.69 Å². The largest absolute Gasteiger partial charge is 0.310 e. The summed E-state index contributed by atoms with van der Waals surface area (Å²) < 4.78 is 0. The molecule has 7 aliphatic rings. The summed E-state index contributed by atoms with van der Waals surface area (Å²) in [7, 11) is 0. The minimum absolute atomic E-state index is 0.0231. The van der Waals surface area contributed by atoms with E-state index in [1.165, 1.54) is 116 Å². The van der Waals surface area contributed by atoms with Crippen molar-refractivity contribution >= 4 is 28.8 Å². The molecule has 0 aromatic heterocycles. The van der Waals surface area contributed by atoms with Crippen molar-refractivity contribution in [2.24, 2.45) is 23.7 Å². The van der Waals surface area contributed by atoms with E-state index in [9.17, 15) is 0 Å². The molecule has 1 nitrogen and oxygen atoms in total. The van der Waals surface area contributed by atoms with E-state index < -0.39 is 0 Å². The topological polar surface area (TPSA) is 3.24 Å². The highest BCUT2D eigenvalue weighted by atomic mass is 32.2. The van der Waals surface area contributed by atoms with Crippen LogP contribution in [0.25, 0.3) is 22.3 Å². The Kier molecular flexibility index (Phi) is 7.70. The lowest BCUT2D eigenvalue weighted by atomic mass is 9.42. The zero-order valence-corrected chi connectivity index (χ0v) is 36.6. The van der Waals surface area contributed by atoms with Gasteiger partial charge in [0, 0.05) is 37.6 Å². The first kappa shape index (κ1) is 36.3. The third-order valence-electron chi connectivity index (χ3n) is 16.8. The molecule has 0 N–H and O–H groups in total. The molecule has 6 aromatic carbocycles. The van der Waals surface area contributed by atoms with Crippen LogP contribution in [0.5, 0.6) is 0 Å². The maximum absolute atomic E-state index is 2.67. The first-order valence-electron chi connectivity index (χ1n) is 22.6. The first-order valence-corrected chi connectivity index (χ1v) is 23.5. The summed E-state index contributed by atoms with van der Waals surface area (Å²) in [6.45, 7) is 14.6. The minimum atomic E-state index is -0.0835. The Bertz CT molecular complexity index is 2660. The van der Waals surface area contributed by atoms with Gasteiger partial charge in [-0.25, -0.2) is 0 Å². The van der Waals surface area contributed by atoms with Crippen molar-refractivity contribution in [2.45, 2.75) is 118 Å². The SMILES string of the molecule is CC1(C)CCC(C)(C)c2cc(-c3ccc(N(c4ccc5c(c4)C(C)(C)c4ccccc4-5)c4cccc5c4C4(c6ccccc6S5)C5CC6CC(C5)CC4C6)cc3)ccc21. The lowest BCUT2D eigenvalue weighted by Gasteiger charge is -2.63. The second kappa shape index (κ2) is 12.5. The summed E-state index contributed by atoms with van der Waals surface area (Å²) >= 11 is 2.02. The normalized spacial score (nSPS) is 26.7. The highest BCUT2D eigenvalue weighted by Crippen LogP contribution is 2.70. The number of nitrogens with zero attached hydrogens (tertiary/aromatic N) is 1. The molecular weight excluding hydrogens is 731 g/mol. The van der Waals surface area contributed by atoms with Gasteiger partial charge in [-0.2, -0.15) is 0 Å². The monoisotopic (exact) mass is 787 g/mol. The predicted molar refractivity (Wildman–Crippen MR) is 248 cm³/mol. The number of fused-ring (bicyclic) bond motifs is 6. The molecule has 6 aliphatic carbocycles. The molecule has 4 saturated carbocycles. The van der Waals surface area contributed by atoms with Gasteiger partial charge >= 0.3 is 0 Å². The lowest BCUT2D eigenvalue weighted by Crippen LogP contribution is -2.57. The van der Waals surface area contributed by atoms with Gasteiger partial charge < -0.3 is 4.90 Å². The summed E-state index contributed by atoms with van der Waals surface area (Å²) in [5.74, 6) is 3.14. The van der Waals surface area contributed by atoms with Crippen molar-refractivity contribution in [3.8, 4) is 22.3 Å². The van der Waals surface area contributed by atoms with Gasteiger partial charge in [0.15, 0.2) is 0 Å². The molecule has 0 unspecified atom stereocenters. The van der Waals surface area contributed by atoms with Crippen LogP contribution in [0, 0.1) is 23.7 Å². The van der Waals surface area contributed by atoms with E-state index in [-0.39, 0.29) is 21.7 Å². The summed E-state index contributed by atoms with van der Waals surface area (Å²) in [5.41, 5.74) is 18.7. The molecule has 0 amide bonds. The van der Waals surface area contributed by atoms with Crippen LogP contribution >= 0.6 is 11.8 Å². The van der Waals surface area contributed by atoms with Crippen molar-refractivity contribution in [3.63, 3.8) is 0 Å². The summed E-state index contributed by atoms with van der Waals surface area (Å²) in [5, 5.41) is 0. The van der Waals surface area contributed by atoms with E-state index in [2.05, 4.69) is 174 Å². The van der Waals surface area contributed by atoms with Gasteiger partial charge in [0.1, 0.15) is 0 Å². The molecule has 1 heterocycles. The molecule has 4 fully saturated rings. The van der Waals surface area contributed by atoms with Crippen LogP contribution in [0.1, 0.15) is 120 Å². The first-order chi connectivity index (χ1) is 28.4. The van der Waals surface area contributed by atoms with Gasteiger partial charge in [0.2, 0.25) is 0 Å². The Morgan fingerprint density at radius 2 is 1.08 bits per heavy atom. The Morgan fingerprint density at radius 3 is 1.83 bits per heavy atom. The molecule has 0 saturated heterocycles. The maximum atomic E-state index is 2.67. The van der Waals surface area contributed by atoms with Crippen LogP contribution in [-0.4, -0.2) is 0 Å². The second-order valence-corrected chi connectivity index (χ2v) is 22.3. The summed E-state index contributed by atoms with van der Waals surface area (Å²) in [4.78, 5) is 5.61. The molecular formula is C57H57NS. The Balaban J connectivity index is 1.06. The lowest BCUT2D eigenvalue weighted by molar-refractivity contribution is -0.0441. The minimum Gasteiger partial charge on any atom is -0.310 e. The zero-order valence-electron chi connectivity index (χ0n) is 35.7. The smallest absolute Gasteiger partial charge is 0.0514 e. The van der Waals surface area contributed by atoms with Crippen LogP contribution in [0.3, 0.4) is 0 Å². The van der Waals surface area contributed by atoms with Crippen LogP contribution in [0.4, 0.5) is 17.1 Å². The zero-order chi connectivity index (χ0) is 40.1. The number of hydrogen-bond donors (Lipinski definition) is 0. The standard InChI is InChI=1S/C57H57NS/c1-54(2)26-27-55(3,4)49-33-38(20-25-46(49)54)37-18-21-41(22-19-37)58(42-23-24-44-43-12-7-8-13-45(43)56(5,6)48(44)34-42)50-15-11-17-52-53(50)57(47-14-9-10-16-51(47)59-52)39-29-35-28-36(31-39)32-40(57)30-35/h7-25,33-36,39-40H,26-32H2,1-6H3. The fourth-order valence-corrected chi connectivity index (χ4v) is 15.2. The third-order valence-corrected chi connectivity index (χ3v) is 17.9. The van der Waals surface area contributed by atoms with E-state index >= 15 is 0 Å². The van der Waals surface area contributed by atoms with E-state index in [0.29, 0.717) is 11.8 Å². The molecule has 0 atom stereocenters. The molecule has 1 aliphatic heterocycles. The number of rotatable bonds is 4. The molecule has 0 radical (unpaired) electrons. The molecule has 4 bridgehead atoms. The second-order valence-electron chi connectivity index (χ2n) is 21.2. The van der Waals surface area contributed by atoms with Crippen LogP contribution < -0.4 is 4.90 Å². The van der Waals surface area contributed by atoms with Crippen molar-refractivity contribution in [3.05, 3.63) is 161 Å². The Hall–Kier alpha value is -4.53. The third kappa shape index (κ3) is 5.11. The fraction of sp³-hybridized carbons (Fsp3) is 0.368. The average Bonchev–Trinajstić information content (AvgIpc) is 3.46. The fourth-order valence-electron chi connectivity index (χ4n) is 14.0. The Labute approximate surface area is 356 Å². The summed E-state index contributed by atoms with van der Waals surface area (Å²) in [6.07, 6.45) is 9.40. The highest BCUT2D eigenvalue weighted by Gasteiger charge is 2.61. The number of hydrogen-bond acceptors (Lipinski definition) is 2. The Morgan fingerprint density at radius 1 is 0.475 bits per heavy atom. The van der Waals surface area contributed by atoms with Crippen LogP contribution in [-0.2, 0) is 21.7 Å². The molecule has 13 rings (SSSR count). The van der Waals surface area contributed by atoms with Crippen molar-refractivity contribution in [1.82, 2.24) is 0 Å². The molecule has 296 valence electrons. The quantitative estimate of drug-likeness (QED) is 0.175. The van der Waals surface area contributed by atoms with Crippen LogP contribution in [0.15, 0.2) is 137 Å². The molecule has 59 heavy (non-hydrogen) atoms. The van der Waals surface area contributed by atoms with Crippen LogP contribution in [0.2, 0.25) is 0 Å². The van der Waals surface area contributed by atoms with Gasteiger partial charge in [-0.3, -0.25) is 0 Å². The van der Waals surface area contributed by atoms with E-state index in [1.807, 2.05) is 11.8 Å². The van der Waals surface area contributed by atoms with Crippen molar-refractivity contribution in [2.75, 3.05) is 4.90 Å². The van der Waals surface area contributed by atoms with Gasteiger partial charge in [-0.15, -0.1) is 0 Å². The predicted octanol–water partition coefficient (Wildman–Crippen LogP) is 15.7. The van der Waals surface area contributed by atoms with Crippen molar-refractivity contribution in [1.29, 1.82) is 0 Å². The maximum Gasteiger partial charge on any atom is 0.0514 e. The highest BCUT2D eigenvalue weighted by molar-refractivity contribution is 7.99. The van der Waals surface area contributed by atoms with E-state index in [1.54, 1.807) is 11.1 Å². The summed E-state index contributed by atoms with van der Waals surface area (Å²) in [6, 6.07) is 50.3. The number of anilines is 3. The van der Waals surface area contributed by atoms with E-state index in [0.717, 1.165) is 11.8 Å². The average molecular weight is 788 g/mol.